The van der Waals surface area contributed by atoms with Crippen LogP contribution in [0.15, 0.2) is 58.1 Å². The first-order valence-corrected chi connectivity index (χ1v) is 11.3. The van der Waals surface area contributed by atoms with Crippen molar-refractivity contribution in [3.8, 4) is 5.75 Å². The predicted molar refractivity (Wildman–Crippen MR) is 130 cm³/mol. The lowest BCUT2D eigenvalue weighted by Gasteiger charge is -2.34. The minimum Gasteiger partial charge on any atom is -0.505 e. The van der Waals surface area contributed by atoms with Crippen molar-refractivity contribution in [1.82, 2.24) is 4.90 Å². The molecule has 33 heavy (non-hydrogen) atoms. The molecule has 2 atom stereocenters. The molecule has 3 aromatic rings. The number of nitrogens with one attached hydrogen (secondary N) is 2. The average molecular weight is 448 g/mol. The second-order valence-corrected chi connectivity index (χ2v) is 8.92. The number of phenolic OH excluding ortho intramolecular Hbond substituents is 1. The maximum absolute atomic E-state index is 12.4. The van der Waals surface area contributed by atoms with E-state index in [1.807, 2.05) is 18.2 Å². The number of rotatable bonds is 7. The summed E-state index contributed by atoms with van der Waals surface area (Å²) < 4.78 is 0. The highest BCUT2D eigenvalue weighted by atomic mass is 16.3. The van der Waals surface area contributed by atoms with Gasteiger partial charge in [0.1, 0.15) is 11.4 Å². The number of anilines is 3. The Morgan fingerprint density at radius 3 is 2.39 bits per heavy atom. The summed E-state index contributed by atoms with van der Waals surface area (Å²) in [4.78, 5) is 38.4. The summed E-state index contributed by atoms with van der Waals surface area (Å²) in [5.41, 5.74) is 0.795. The molecule has 0 bridgehead atoms. The zero-order valence-electron chi connectivity index (χ0n) is 18.9. The van der Waals surface area contributed by atoms with Gasteiger partial charge in [0.25, 0.3) is 16.8 Å². The van der Waals surface area contributed by atoms with E-state index in [1.165, 1.54) is 16.5 Å². The van der Waals surface area contributed by atoms with Gasteiger partial charge in [0, 0.05) is 20.1 Å². The monoisotopic (exact) mass is 447 g/mol. The SMILES string of the molecule is CN(C)C(=O)c1cccc(Nc2c(N[C@@H]3CCCC[C@H]3Cc3ccccc3)c(=O)c2=O)c1O. The number of hydrogen-bond donors (Lipinski definition) is 3. The van der Waals surface area contributed by atoms with Crippen molar-refractivity contribution < 1.29 is 9.90 Å². The number of carbonyl (C=O) groups is 1. The van der Waals surface area contributed by atoms with E-state index in [1.54, 1.807) is 26.2 Å². The fourth-order valence-corrected chi connectivity index (χ4v) is 4.59. The van der Waals surface area contributed by atoms with Crippen molar-refractivity contribution in [1.29, 1.82) is 0 Å². The second kappa shape index (κ2) is 9.48. The smallest absolute Gasteiger partial charge is 0.257 e. The van der Waals surface area contributed by atoms with Crippen LogP contribution in [0.1, 0.15) is 41.6 Å². The molecule has 7 nitrogen and oxygen atoms in total. The van der Waals surface area contributed by atoms with Crippen LogP contribution in [0, 0.1) is 5.92 Å². The van der Waals surface area contributed by atoms with E-state index < -0.39 is 10.9 Å². The predicted octanol–water partition coefficient (Wildman–Crippen LogP) is 3.65. The number of benzene rings is 2. The van der Waals surface area contributed by atoms with Gasteiger partial charge >= 0.3 is 0 Å². The van der Waals surface area contributed by atoms with E-state index in [4.69, 9.17) is 0 Å². The molecule has 1 fully saturated rings. The van der Waals surface area contributed by atoms with Crippen molar-refractivity contribution in [2.75, 3.05) is 24.7 Å². The van der Waals surface area contributed by atoms with Crippen LogP contribution in [0.2, 0.25) is 0 Å². The lowest BCUT2D eigenvalue weighted by Crippen LogP contribution is -2.42. The highest BCUT2D eigenvalue weighted by Crippen LogP contribution is 2.34. The molecule has 1 saturated carbocycles. The number of nitrogens with zero attached hydrogens (tertiary/aromatic N) is 1. The normalized spacial score (nSPS) is 18.1. The largest absolute Gasteiger partial charge is 0.505 e. The third-order valence-corrected chi connectivity index (χ3v) is 6.42. The van der Waals surface area contributed by atoms with Crippen LogP contribution < -0.4 is 21.5 Å². The lowest BCUT2D eigenvalue weighted by atomic mass is 9.80. The first-order valence-electron chi connectivity index (χ1n) is 11.3. The zero-order valence-corrected chi connectivity index (χ0v) is 18.9. The molecule has 172 valence electrons. The zero-order chi connectivity index (χ0) is 23.5. The standard InChI is InChI=1S/C26H29N3O4/c1-29(2)26(33)18-12-8-14-20(23(18)30)28-22-21(24(31)25(22)32)27-19-13-7-6-11-17(19)15-16-9-4-3-5-10-16/h3-5,8-10,12,14,17,19,27-28,30H,6-7,11,13,15H2,1-2H3/t17-,19+/m0/s1. The molecule has 3 aromatic carbocycles. The van der Waals surface area contributed by atoms with Crippen LogP contribution in [-0.4, -0.2) is 36.1 Å². The number of amides is 1. The number of phenols is 1. The maximum Gasteiger partial charge on any atom is 0.257 e. The van der Waals surface area contributed by atoms with Gasteiger partial charge in [-0.05, 0) is 42.9 Å². The van der Waals surface area contributed by atoms with E-state index >= 15 is 0 Å². The molecule has 1 aliphatic carbocycles. The van der Waals surface area contributed by atoms with Gasteiger partial charge in [-0.1, -0.05) is 49.2 Å². The highest BCUT2D eigenvalue weighted by Gasteiger charge is 2.30. The Labute approximate surface area is 192 Å². The molecule has 0 aromatic heterocycles. The summed E-state index contributed by atoms with van der Waals surface area (Å²) in [7, 11) is 3.19. The molecule has 0 unspecified atom stereocenters. The molecule has 4 rings (SSSR count). The van der Waals surface area contributed by atoms with Gasteiger partial charge in [0.2, 0.25) is 0 Å². The van der Waals surface area contributed by atoms with E-state index in [2.05, 4.69) is 22.8 Å². The highest BCUT2D eigenvalue weighted by molar-refractivity contribution is 5.99. The van der Waals surface area contributed by atoms with E-state index in [0.717, 1.165) is 32.1 Å². The number of para-hydroxylation sites is 1. The van der Waals surface area contributed by atoms with Gasteiger partial charge in [0.05, 0.1) is 11.3 Å². The topological polar surface area (TPSA) is 98.7 Å². The molecule has 0 aliphatic heterocycles. The van der Waals surface area contributed by atoms with Gasteiger partial charge in [-0.25, -0.2) is 0 Å². The molecule has 3 N–H and O–H groups in total. The van der Waals surface area contributed by atoms with Crippen molar-refractivity contribution in [3.63, 3.8) is 0 Å². The van der Waals surface area contributed by atoms with Gasteiger partial charge in [0.15, 0.2) is 5.75 Å². The van der Waals surface area contributed by atoms with Crippen molar-refractivity contribution in [2.45, 2.75) is 38.1 Å². The Balaban J connectivity index is 1.55. The molecule has 7 heteroatoms. The van der Waals surface area contributed by atoms with Crippen molar-refractivity contribution in [3.05, 3.63) is 80.1 Å². The maximum atomic E-state index is 12.4. The van der Waals surface area contributed by atoms with Crippen LogP contribution in [0.4, 0.5) is 17.1 Å². The number of hydrogen-bond acceptors (Lipinski definition) is 6. The Morgan fingerprint density at radius 2 is 1.67 bits per heavy atom. The van der Waals surface area contributed by atoms with E-state index in [9.17, 15) is 19.5 Å². The minimum atomic E-state index is -0.628. The molecular formula is C26H29N3O4. The van der Waals surface area contributed by atoms with Crippen LogP contribution in [0.25, 0.3) is 0 Å². The van der Waals surface area contributed by atoms with Gasteiger partial charge < -0.3 is 20.6 Å². The first kappa shape index (κ1) is 22.6. The van der Waals surface area contributed by atoms with Gasteiger partial charge in [-0.15, -0.1) is 0 Å². The number of carbonyl (C=O) groups excluding carboxylic acids is 1. The third kappa shape index (κ3) is 4.62. The molecular weight excluding hydrogens is 418 g/mol. The Kier molecular flexibility index (Phi) is 6.49. The van der Waals surface area contributed by atoms with Crippen molar-refractivity contribution in [2.24, 2.45) is 5.92 Å². The Bertz CT molecular complexity index is 1210. The average Bonchev–Trinajstić information content (AvgIpc) is 2.83. The lowest BCUT2D eigenvalue weighted by molar-refractivity contribution is 0.0824. The summed E-state index contributed by atoms with van der Waals surface area (Å²) in [6.45, 7) is 0. The molecule has 0 spiro atoms. The first-order chi connectivity index (χ1) is 15.9. The minimum absolute atomic E-state index is 0.0815. The van der Waals surface area contributed by atoms with Crippen LogP contribution >= 0.6 is 0 Å². The fraction of sp³-hybridized carbons (Fsp3) is 0.346. The van der Waals surface area contributed by atoms with Gasteiger partial charge in [-0.2, -0.15) is 0 Å². The summed E-state index contributed by atoms with van der Waals surface area (Å²) in [6, 6.07) is 15.1. The summed E-state index contributed by atoms with van der Waals surface area (Å²) in [6.07, 6.45) is 5.10. The quantitative estimate of drug-likeness (QED) is 0.378. The number of aromatic hydroxyl groups is 1. The van der Waals surface area contributed by atoms with Crippen LogP contribution in [0.5, 0.6) is 5.75 Å². The second-order valence-electron chi connectivity index (χ2n) is 8.92. The van der Waals surface area contributed by atoms with Crippen LogP contribution in [0.3, 0.4) is 0 Å². The molecule has 0 heterocycles. The van der Waals surface area contributed by atoms with Gasteiger partial charge in [-0.3, -0.25) is 14.4 Å². The summed E-state index contributed by atoms with van der Waals surface area (Å²) in [5.74, 6) is -0.256. The van der Waals surface area contributed by atoms with E-state index in [-0.39, 0.29) is 40.3 Å². The summed E-state index contributed by atoms with van der Waals surface area (Å²) in [5, 5.41) is 16.8. The summed E-state index contributed by atoms with van der Waals surface area (Å²) >= 11 is 0. The van der Waals surface area contributed by atoms with Crippen molar-refractivity contribution >= 4 is 23.0 Å². The molecule has 0 saturated heterocycles. The molecule has 0 radical (unpaired) electrons. The molecule has 1 aliphatic rings. The van der Waals surface area contributed by atoms with E-state index in [0.29, 0.717) is 5.92 Å². The molecule has 1 amide bonds. The third-order valence-electron chi connectivity index (χ3n) is 6.42. The Hall–Kier alpha value is -3.61. The Morgan fingerprint density at radius 1 is 0.970 bits per heavy atom. The van der Waals surface area contributed by atoms with Crippen LogP contribution in [-0.2, 0) is 6.42 Å². The fourth-order valence-electron chi connectivity index (χ4n) is 4.59.